The van der Waals surface area contributed by atoms with E-state index in [1.807, 2.05) is 30.1 Å². The van der Waals surface area contributed by atoms with E-state index in [4.69, 9.17) is 14.2 Å². The number of sulfonamides is 1. The molecule has 0 aliphatic carbocycles. The van der Waals surface area contributed by atoms with E-state index in [9.17, 15) is 8.42 Å². The van der Waals surface area contributed by atoms with E-state index < -0.39 is 10.0 Å². The predicted molar refractivity (Wildman–Crippen MR) is 109 cm³/mol. The maximum Gasteiger partial charge on any atom is 0.274 e. The van der Waals surface area contributed by atoms with Crippen LogP contribution in [0, 0.1) is 0 Å². The number of methoxy groups -OCH3 is 2. The molecule has 0 bridgehead atoms. The molecule has 0 amide bonds. The minimum Gasteiger partial charge on any atom is -0.493 e. The second-order valence-corrected chi connectivity index (χ2v) is 8.72. The summed E-state index contributed by atoms with van der Waals surface area (Å²) in [5.41, 5.74) is 1.13. The molecule has 8 nitrogen and oxygen atoms in total. The van der Waals surface area contributed by atoms with Crippen molar-refractivity contribution in [3.63, 3.8) is 0 Å². The molecule has 9 heteroatoms. The van der Waals surface area contributed by atoms with E-state index in [-0.39, 0.29) is 4.90 Å². The van der Waals surface area contributed by atoms with Gasteiger partial charge in [0.05, 0.1) is 41.0 Å². The molecule has 29 heavy (non-hydrogen) atoms. The Hall–Kier alpha value is -2.36. The van der Waals surface area contributed by atoms with Crippen molar-refractivity contribution >= 4 is 15.8 Å². The maximum atomic E-state index is 12.7. The molecule has 3 rings (SSSR count). The van der Waals surface area contributed by atoms with Gasteiger partial charge in [-0.25, -0.2) is 13.4 Å². The van der Waals surface area contributed by atoms with Gasteiger partial charge in [-0.1, -0.05) is 6.07 Å². The number of ether oxygens (including phenoxy) is 3. The van der Waals surface area contributed by atoms with Crippen molar-refractivity contribution in [2.75, 3.05) is 59.0 Å². The van der Waals surface area contributed by atoms with Gasteiger partial charge >= 0.3 is 0 Å². The van der Waals surface area contributed by atoms with E-state index in [0.29, 0.717) is 37.8 Å². The van der Waals surface area contributed by atoms with Gasteiger partial charge < -0.3 is 14.2 Å². The highest BCUT2D eigenvalue weighted by Gasteiger charge is 2.27. The van der Waals surface area contributed by atoms with Crippen LogP contribution in [0.3, 0.4) is 0 Å². The molecule has 0 atom stereocenters. The summed E-state index contributed by atoms with van der Waals surface area (Å²) < 4.78 is 42.7. The lowest BCUT2D eigenvalue weighted by atomic mass is 10.1. The number of anilines is 1. The number of pyridine rings is 1. The molecule has 2 heterocycles. The lowest BCUT2D eigenvalue weighted by molar-refractivity contribution is -0.367. The molecule has 0 saturated carbocycles. The van der Waals surface area contributed by atoms with Gasteiger partial charge in [0.25, 0.3) is 5.82 Å². The third-order valence-electron chi connectivity index (χ3n) is 4.97. The Kier molecular flexibility index (Phi) is 6.94. The zero-order chi connectivity index (χ0) is 20.9. The molecule has 158 valence electrons. The van der Waals surface area contributed by atoms with Crippen molar-refractivity contribution in [1.29, 1.82) is 0 Å². The number of nitrogens with one attached hydrogen (secondary N) is 1. The number of rotatable bonds is 8. The third-order valence-corrected chi connectivity index (χ3v) is 6.87. The molecule has 1 aliphatic rings. The number of likely N-dealkylation sites (N-methyl/N-ethyl adjacent to an activating group) is 1. The number of aromatic amines is 1. The highest BCUT2D eigenvalue weighted by atomic mass is 32.2. The fourth-order valence-corrected chi connectivity index (χ4v) is 4.57. The topological polar surface area (TPSA) is 82.5 Å². The van der Waals surface area contributed by atoms with Gasteiger partial charge in [0, 0.05) is 25.6 Å². The standard InChI is InChI=1S/C20H27N3O5S/c1-22(9-8-16-4-6-18(26-2)19(14-16)27-3)20-7-5-17(15-21-20)29(24,25)23-10-12-28-13-11-23/h4-7,14-15H,8-13H2,1-3H3/p+1. The summed E-state index contributed by atoms with van der Waals surface area (Å²) in [6.45, 7) is 2.38. The van der Waals surface area contributed by atoms with Crippen molar-refractivity contribution in [2.24, 2.45) is 0 Å². The highest BCUT2D eigenvalue weighted by molar-refractivity contribution is 7.89. The van der Waals surface area contributed by atoms with Gasteiger partial charge in [0.15, 0.2) is 11.5 Å². The third kappa shape index (κ3) is 4.98. The average molecular weight is 423 g/mol. The normalized spacial score (nSPS) is 15.1. The molecule has 1 aliphatic heterocycles. The first kappa shape index (κ1) is 21.4. The summed E-state index contributed by atoms with van der Waals surface area (Å²) in [5.74, 6) is 2.25. The van der Waals surface area contributed by atoms with Gasteiger partial charge in [-0.15, -0.1) is 0 Å². The smallest absolute Gasteiger partial charge is 0.274 e. The fourth-order valence-electron chi connectivity index (χ4n) is 3.19. The monoisotopic (exact) mass is 422 g/mol. The molecule has 0 unspecified atom stereocenters. The predicted octanol–water partition coefficient (Wildman–Crippen LogP) is 1.22. The fraction of sp³-hybridized carbons (Fsp3) is 0.450. The maximum absolute atomic E-state index is 12.7. The van der Waals surface area contributed by atoms with E-state index in [2.05, 4.69) is 4.98 Å². The van der Waals surface area contributed by atoms with Gasteiger partial charge in [-0.2, -0.15) is 4.31 Å². The molecule has 0 radical (unpaired) electrons. The minimum absolute atomic E-state index is 0.261. The molecule has 1 aromatic heterocycles. The second-order valence-electron chi connectivity index (χ2n) is 6.79. The summed E-state index contributed by atoms with van der Waals surface area (Å²) >= 11 is 0. The Morgan fingerprint density at radius 3 is 2.45 bits per heavy atom. The van der Waals surface area contributed by atoms with Crippen molar-refractivity contribution in [3.8, 4) is 11.5 Å². The Morgan fingerprint density at radius 2 is 1.83 bits per heavy atom. The number of morpholine rings is 1. The first-order chi connectivity index (χ1) is 14.0. The second kappa shape index (κ2) is 9.43. The van der Waals surface area contributed by atoms with Crippen LogP contribution >= 0.6 is 0 Å². The minimum atomic E-state index is -3.50. The quantitative estimate of drug-likeness (QED) is 0.636. The molecule has 2 aromatic rings. The molecule has 1 fully saturated rings. The number of aromatic nitrogens is 1. The Labute approximate surface area is 172 Å². The summed E-state index contributed by atoms with van der Waals surface area (Å²) in [5, 5.41) is 0. The van der Waals surface area contributed by atoms with Crippen LogP contribution in [0.2, 0.25) is 0 Å². The van der Waals surface area contributed by atoms with Gasteiger partial charge in [0.1, 0.15) is 11.1 Å². The lowest BCUT2D eigenvalue weighted by Crippen LogP contribution is -2.41. The average Bonchev–Trinajstić information content (AvgIpc) is 2.77. The number of benzene rings is 1. The molecule has 0 spiro atoms. The summed E-state index contributed by atoms with van der Waals surface area (Å²) in [6.07, 6.45) is 2.35. The lowest BCUT2D eigenvalue weighted by Gasteiger charge is -2.25. The number of hydrogen-bond acceptors (Lipinski definition) is 6. The molecule has 1 saturated heterocycles. The van der Waals surface area contributed by atoms with Crippen LogP contribution in [-0.4, -0.2) is 66.8 Å². The first-order valence-electron chi connectivity index (χ1n) is 9.47. The van der Waals surface area contributed by atoms with Crippen LogP contribution in [0.5, 0.6) is 11.5 Å². The van der Waals surface area contributed by atoms with E-state index in [1.54, 1.807) is 32.5 Å². The number of hydrogen-bond donors (Lipinski definition) is 0. The van der Waals surface area contributed by atoms with Gasteiger partial charge in [0.2, 0.25) is 10.0 Å². The van der Waals surface area contributed by atoms with Crippen LogP contribution in [-0.2, 0) is 21.2 Å². The molecular formula is C20H28N3O5S+. The Balaban J connectivity index is 1.64. The number of nitrogens with zero attached hydrogens (tertiary/aromatic N) is 2. The summed E-state index contributed by atoms with van der Waals surface area (Å²) in [6, 6.07) is 9.31. The van der Waals surface area contributed by atoms with Gasteiger partial charge in [-0.05, 0) is 23.8 Å². The summed E-state index contributed by atoms with van der Waals surface area (Å²) in [7, 11) is 1.70. The van der Waals surface area contributed by atoms with E-state index >= 15 is 0 Å². The SMILES string of the molecule is COc1ccc(CCN(C)c2ccc(S(=O)(=O)N3CCOCC3)c[nH+]2)cc1OC. The van der Waals surface area contributed by atoms with Gasteiger partial charge in [-0.3, -0.25) is 4.90 Å². The molecule has 1 N–H and O–H groups in total. The largest absolute Gasteiger partial charge is 0.493 e. The first-order valence-corrected chi connectivity index (χ1v) is 10.9. The zero-order valence-electron chi connectivity index (χ0n) is 17.1. The van der Waals surface area contributed by atoms with Crippen molar-refractivity contribution in [2.45, 2.75) is 11.3 Å². The van der Waals surface area contributed by atoms with Crippen molar-refractivity contribution in [1.82, 2.24) is 4.31 Å². The summed E-state index contributed by atoms with van der Waals surface area (Å²) in [4.78, 5) is 5.41. The van der Waals surface area contributed by atoms with Crippen LogP contribution in [0.15, 0.2) is 41.4 Å². The van der Waals surface area contributed by atoms with Crippen molar-refractivity contribution < 1.29 is 27.6 Å². The van der Waals surface area contributed by atoms with Crippen LogP contribution < -0.4 is 19.4 Å². The van der Waals surface area contributed by atoms with E-state index in [1.165, 1.54) is 4.31 Å². The zero-order valence-corrected chi connectivity index (χ0v) is 17.9. The molecule has 1 aromatic carbocycles. The van der Waals surface area contributed by atoms with Crippen LogP contribution in [0.1, 0.15) is 5.56 Å². The Morgan fingerprint density at radius 1 is 1.10 bits per heavy atom. The Bertz CT molecular complexity index is 912. The number of H-pyrrole nitrogens is 1. The highest BCUT2D eigenvalue weighted by Crippen LogP contribution is 2.27. The molecular weight excluding hydrogens is 394 g/mol. The van der Waals surface area contributed by atoms with Crippen LogP contribution in [0.25, 0.3) is 0 Å². The van der Waals surface area contributed by atoms with E-state index in [0.717, 1.165) is 24.3 Å². The van der Waals surface area contributed by atoms with Crippen molar-refractivity contribution in [3.05, 3.63) is 42.1 Å². The van der Waals surface area contributed by atoms with Crippen LogP contribution in [0.4, 0.5) is 5.82 Å².